The van der Waals surface area contributed by atoms with Crippen molar-refractivity contribution in [3.8, 4) is 0 Å². The molecule has 1 saturated heterocycles. The lowest BCUT2D eigenvalue weighted by atomic mass is 9.93. The van der Waals surface area contributed by atoms with Crippen molar-refractivity contribution in [2.45, 2.75) is 51.1 Å². The molecule has 1 fully saturated rings. The molecule has 1 aromatic heterocycles. The van der Waals surface area contributed by atoms with Gasteiger partial charge in [-0.15, -0.1) is 0 Å². The Morgan fingerprint density at radius 2 is 2.33 bits per heavy atom. The van der Waals surface area contributed by atoms with Crippen LogP contribution in [-0.2, 0) is 0 Å². The van der Waals surface area contributed by atoms with Crippen LogP contribution < -0.4 is 16.4 Å². The molecule has 0 spiro atoms. The summed E-state index contributed by atoms with van der Waals surface area (Å²) in [7, 11) is 0. The van der Waals surface area contributed by atoms with Crippen LogP contribution in [0, 0.1) is 0 Å². The first-order valence-electron chi connectivity index (χ1n) is 7.92. The zero-order valence-corrected chi connectivity index (χ0v) is 13.1. The minimum atomic E-state index is -0.326. The van der Waals surface area contributed by atoms with Crippen LogP contribution in [0.5, 0.6) is 0 Å². The molecule has 118 valence electrons. The molecule has 1 aliphatic heterocycles. The van der Waals surface area contributed by atoms with Gasteiger partial charge in [-0.3, -0.25) is 9.48 Å². The zero-order valence-electron chi connectivity index (χ0n) is 13.1. The minimum Gasteiger partial charge on any atom is -0.344 e. The van der Waals surface area contributed by atoms with Crippen LogP contribution in [0.3, 0.4) is 0 Å². The summed E-state index contributed by atoms with van der Waals surface area (Å²) in [6.45, 7) is 6.52. The van der Waals surface area contributed by atoms with E-state index in [4.69, 9.17) is 5.73 Å². The molecule has 21 heavy (non-hydrogen) atoms. The molecular weight excluding hydrogens is 266 g/mol. The summed E-state index contributed by atoms with van der Waals surface area (Å²) in [5.74, 6) is -0.133. The van der Waals surface area contributed by atoms with Gasteiger partial charge in [-0.05, 0) is 38.3 Å². The maximum Gasteiger partial charge on any atom is 0.272 e. The SMILES string of the molecule is CCC(CC)(CN)NC(=O)c1ccn(C2CCCNC2)n1. The van der Waals surface area contributed by atoms with Gasteiger partial charge in [0.05, 0.1) is 11.6 Å². The van der Waals surface area contributed by atoms with Crippen molar-refractivity contribution >= 4 is 5.91 Å². The quantitative estimate of drug-likeness (QED) is 0.732. The molecule has 1 aliphatic rings. The molecule has 6 nitrogen and oxygen atoms in total. The topological polar surface area (TPSA) is 85.0 Å². The molecule has 1 unspecified atom stereocenters. The summed E-state index contributed by atoms with van der Waals surface area (Å²) in [5, 5.41) is 10.9. The number of rotatable bonds is 6. The number of nitrogens with two attached hydrogens (primary N) is 1. The number of hydrogen-bond acceptors (Lipinski definition) is 4. The second-order valence-electron chi connectivity index (χ2n) is 5.83. The van der Waals surface area contributed by atoms with Crippen molar-refractivity contribution in [3.63, 3.8) is 0 Å². The van der Waals surface area contributed by atoms with E-state index in [2.05, 4.69) is 15.7 Å². The largest absolute Gasteiger partial charge is 0.344 e. The maximum absolute atomic E-state index is 12.4. The lowest BCUT2D eigenvalue weighted by Gasteiger charge is -2.31. The zero-order chi connectivity index (χ0) is 15.3. The van der Waals surface area contributed by atoms with Gasteiger partial charge in [0.1, 0.15) is 5.69 Å². The Hall–Kier alpha value is -1.40. The predicted octanol–water partition coefficient (Wildman–Crippen LogP) is 1.05. The molecule has 0 bridgehead atoms. The molecular formula is C15H27N5O. The van der Waals surface area contributed by atoms with Crippen LogP contribution >= 0.6 is 0 Å². The molecule has 4 N–H and O–H groups in total. The van der Waals surface area contributed by atoms with Crippen LogP contribution in [0.15, 0.2) is 12.3 Å². The predicted molar refractivity (Wildman–Crippen MR) is 83.2 cm³/mol. The molecule has 6 heteroatoms. The number of nitrogens with zero attached hydrogens (tertiary/aromatic N) is 2. The molecule has 1 aromatic rings. The lowest BCUT2D eigenvalue weighted by molar-refractivity contribution is 0.0888. The summed E-state index contributed by atoms with van der Waals surface area (Å²) in [6.07, 6.45) is 5.78. The van der Waals surface area contributed by atoms with Gasteiger partial charge in [-0.25, -0.2) is 0 Å². The minimum absolute atomic E-state index is 0.133. The highest BCUT2D eigenvalue weighted by molar-refractivity contribution is 5.92. The highest BCUT2D eigenvalue weighted by atomic mass is 16.2. The van der Waals surface area contributed by atoms with Gasteiger partial charge in [0.2, 0.25) is 0 Å². The summed E-state index contributed by atoms with van der Waals surface area (Å²) in [4.78, 5) is 12.4. The maximum atomic E-state index is 12.4. The van der Waals surface area contributed by atoms with Gasteiger partial charge in [-0.2, -0.15) is 5.10 Å². The van der Waals surface area contributed by atoms with E-state index >= 15 is 0 Å². The third kappa shape index (κ3) is 3.63. The number of amides is 1. The van der Waals surface area contributed by atoms with E-state index in [9.17, 15) is 4.79 Å². The summed E-state index contributed by atoms with van der Waals surface area (Å²) in [5.41, 5.74) is 5.98. The van der Waals surface area contributed by atoms with Crippen molar-refractivity contribution < 1.29 is 4.79 Å². The normalized spacial score (nSPS) is 19.5. The van der Waals surface area contributed by atoms with Crippen molar-refractivity contribution in [3.05, 3.63) is 18.0 Å². The van der Waals surface area contributed by atoms with Crippen LogP contribution in [0.2, 0.25) is 0 Å². The van der Waals surface area contributed by atoms with Gasteiger partial charge < -0.3 is 16.4 Å². The first-order valence-corrected chi connectivity index (χ1v) is 7.92. The first-order chi connectivity index (χ1) is 10.1. The average molecular weight is 293 g/mol. The Balaban J connectivity index is 2.04. The molecule has 2 heterocycles. The van der Waals surface area contributed by atoms with Crippen molar-refractivity contribution in [2.75, 3.05) is 19.6 Å². The molecule has 0 aliphatic carbocycles. The Labute approximate surface area is 126 Å². The number of hydrogen-bond donors (Lipinski definition) is 3. The highest BCUT2D eigenvalue weighted by Crippen LogP contribution is 2.17. The van der Waals surface area contributed by atoms with Crippen molar-refractivity contribution in [1.82, 2.24) is 20.4 Å². The standard InChI is InChI=1S/C15H27N5O/c1-3-15(4-2,11-16)18-14(21)13-7-9-20(19-13)12-6-5-8-17-10-12/h7,9,12,17H,3-6,8,10-11,16H2,1-2H3,(H,18,21). The van der Waals surface area contributed by atoms with Crippen LogP contribution in [0.1, 0.15) is 56.1 Å². The molecule has 2 rings (SSSR count). The van der Waals surface area contributed by atoms with E-state index < -0.39 is 0 Å². The number of carbonyl (C=O) groups is 1. The monoisotopic (exact) mass is 293 g/mol. The van der Waals surface area contributed by atoms with Gasteiger partial charge >= 0.3 is 0 Å². The molecule has 1 atom stereocenters. The van der Waals surface area contributed by atoms with Crippen LogP contribution in [-0.4, -0.2) is 40.9 Å². The fourth-order valence-corrected chi connectivity index (χ4v) is 2.79. The molecule has 0 saturated carbocycles. The fraction of sp³-hybridized carbons (Fsp3) is 0.733. The van der Waals surface area contributed by atoms with E-state index in [-0.39, 0.29) is 11.4 Å². The van der Waals surface area contributed by atoms with E-state index in [0.29, 0.717) is 18.3 Å². The molecule has 0 aromatic carbocycles. The second kappa shape index (κ2) is 7.04. The second-order valence-corrected chi connectivity index (χ2v) is 5.83. The molecule has 0 radical (unpaired) electrons. The number of carbonyl (C=O) groups excluding carboxylic acids is 1. The van der Waals surface area contributed by atoms with Gasteiger partial charge in [0.25, 0.3) is 5.91 Å². The summed E-state index contributed by atoms with van der Waals surface area (Å²) >= 11 is 0. The first kappa shape index (κ1) is 16.0. The Morgan fingerprint density at radius 3 is 2.90 bits per heavy atom. The van der Waals surface area contributed by atoms with Gasteiger partial charge in [0.15, 0.2) is 0 Å². The molecule has 1 amide bonds. The number of nitrogens with one attached hydrogen (secondary N) is 2. The van der Waals surface area contributed by atoms with Gasteiger partial charge in [-0.1, -0.05) is 13.8 Å². The van der Waals surface area contributed by atoms with E-state index in [1.807, 2.05) is 24.7 Å². The third-order valence-electron chi connectivity index (χ3n) is 4.61. The lowest BCUT2D eigenvalue weighted by Crippen LogP contribution is -2.53. The Bertz CT molecular complexity index is 452. The summed E-state index contributed by atoms with van der Waals surface area (Å²) < 4.78 is 1.91. The van der Waals surface area contributed by atoms with Crippen molar-refractivity contribution in [1.29, 1.82) is 0 Å². The van der Waals surface area contributed by atoms with Crippen LogP contribution in [0.25, 0.3) is 0 Å². The number of aromatic nitrogens is 2. The van der Waals surface area contributed by atoms with Crippen molar-refractivity contribution in [2.24, 2.45) is 5.73 Å². The van der Waals surface area contributed by atoms with E-state index in [1.54, 1.807) is 6.07 Å². The van der Waals surface area contributed by atoms with Crippen LogP contribution in [0.4, 0.5) is 0 Å². The number of piperidine rings is 1. The highest BCUT2D eigenvalue weighted by Gasteiger charge is 2.28. The smallest absolute Gasteiger partial charge is 0.272 e. The van der Waals surface area contributed by atoms with E-state index in [0.717, 1.165) is 38.8 Å². The average Bonchev–Trinajstić information content (AvgIpc) is 3.04. The Kier molecular flexibility index (Phi) is 5.36. The van der Waals surface area contributed by atoms with E-state index in [1.165, 1.54) is 0 Å². The third-order valence-corrected chi connectivity index (χ3v) is 4.61. The fourth-order valence-electron chi connectivity index (χ4n) is 2.79. The van der Waals surface area contributed by atoms with Gasteiger partial charge in [0, 0.05) is 19.3 Å². The summed E-state index contributed by atoms with van der Waals surface area (Å²) in [6, 6.07) is 2.13. The Morgan fingerprint density at radius 1 is 1.57 bits per heavy atom.